The summed E-state index contributed by atoms with van der Waals surface area (Å²) in [7, 11) is 6.02. The summed E-state index contributed by atoms with van der Waals surface area (Å²) in [6.07, 6.45) is 4.27. The van der Waals surface area contributed by atoms with Crippen molar-refractivity contribution < 1.29 is 91.9 Å². The number of anilines is 3. The maximum atomic E-state index is 14.4. The predicted octanol–water partition coefficient (Wildman–Crippen LogP) is 8.83. The third kappa shape index (κ3) is 21.4. The standard InChI is InChI=1S/C90H122N14O20S2/c1-48-22-28-61(40-62-41-68(118-11)54(7)90(121-62)52(5)42-88(9,124-90)70-32-33-87(8,122-70)78-50(3)38-69(120-78)77-49(2)37-51(4)89(117,47-105)123-77)119-76(48)53(6)80(109)93-35-36-125-126-46-66(85(115)116)98-82(111)56(18-16-34-92-71(107)30-31-72(108)104-45-57-17-12-13-19-63(57)75-73(101-102-103(75)10)64-20-14-15-21-67(64)104)39-60(106)27-29-65(84(113)114)97-81(110)55-23-25-58(26-24-55)94-43-59-44-95-79-74(96-59)83(112)100-86(91)99-79/h12-15,17,19-21,23-26,44,48-54,56,61-62,65-66,68-70,76-78,94,105,117H,16,18,22,27-43,45-47H2,1-11H3,(H,92,107)(H,93,109)(H,97,110)(H,98,111)(H,113,114)(H,115,116)(H3,91,95,99,100,112)/t48-,49-,50-,51+,52+,53+,54+,56?,61+,62+,65-,66-,68+,69+,70?,76?,77+,78+,87-,88+,89-,90+/m0/s1. The molecule has 34 nitrogen and oxygen atoms in total. The van der Waals surface area contributed by atoms with E-state index in [0.29, 0.717) is 59.8 Å². The summed E-state index contributed by atoms with van der Waals surface area (Å²) in [5, 5.41) is 65.0. The highest BCUT2D eigenvalue weighted by Gasteiger charge is 2.65. The van der Waals surface area contributed by atoms with Gasteiger partial charge in [-0.2, -0.15) is 4.98 Å². The fraction of sp³-hybridized carbons (Fsp3) is 0.622. The molecule has 1 spiro atoms. The molecular weight excluding hydrogens is 1660 g/mol. The molecule has 12 N–H and O–H groups in total. The number of ether oxygens (including phenoxy) is 7. The number of para-hydroxylation sites is 1. The van der Waals surface area contributed by atoms with Crippen LogP contribution in [0.4, 0.5) is 17.3 Å². The van der Waals surface area contributed by atoms with Crippen LogP contribution in [-0.2, 0) is 86.9 Å². The van der Waals surface area contributed by atoms with Crippen LogP contribution < -0.4 is 42.8 Å². The average Bonchev–Trinajstić information content (AvgIpc) is 1.56. The predicted molar refractivity (Wildman–Crippen MR) is 471 cm³/mol. The molecule has 3 unspecified atom stereocenters. The van der Waals surface area contributed by atoms with Crippen LogP contribution in [0.2, 0.25) is 0 Å². The second-order valence-electron chi connectivity index (χ2n) is 36.2. The number of methoxy groups -OCH3 is 1. The highest BCUT2D eigenvalue weighted by atomic mass is 33.1. The number of H-pyrrole nitrogens is 1. The SMILES string of the molecule is CO[C@@H]1C[C@@H](C[C@H]2CC[C@H](C)C([C@@H](C)C(=O)NCCSSC[C@H](NC(=O)C(CCCNC(=O)CCC(=O)N3Cc4ccccc4-c4c(nnn4C)-c4ccccc43)CC(=O)CC[C@H](NC(=O)c3ccc(NCc4cnc5nc(N)[nH]c(=O)c5n4)cc3)C(=O)O)C(=O)O)O2)O[C@]2(O[C@@](C)(C3CC[C@@](C)([C@@H]4O[C@@H]([C@@H]5O[C@@](O)(CO)[C@H](C)C[C@@H]5C)C[C@@H]4C)O3)C[C@H]2C)[C@@H]1C. The lowest BCUT2D eigenvalue weighted by Crippen LogP contribution is -2.58. The van der Waals surface area contributed by atoms with Crippen molar-refractivity contribution in [2.24, 2.45) is 54.4 Å². The second kappa shape index (κ2) is 40.7. The maximum Gasteiger partial charge on any atom is 0.327 e. The molecule has 0 saturated carbocycles. The van der Waals surface area contributed by atoms with Gasteiger partial charge in [0, 0.05) is 123 Å². The molecule has 3 aromatic heterocycles. The maximum absolute atomic E-state index is 14.4. The normalized spacial score (nSPS) is 29.7. The molecule has 0 aliphatic carbocycles. The highest BCUT2D eigenvalue weighted by Crippen LogP contribution is 2.58. The minimum Gasteiger partial charge on any atom is -0.480 e. The number of carboxylic acids is 2. The van der Waals surface area contributed by atoms with Crippen molar-refractivity contribution in [3.63, 3.8) is 0 Å². The monoisotopic (exact) mass is 1780 g/mol. The zero-order valence-corrected chi connectivity index (χ0v) is 75.1. The molecule has 10 heterocycles. The lowest BCUT2D eigenvalue weighted by atomic mass is 9.78. The largest absolute Gasteiger partial charge is 0.480 e. The number of carboxylic acid groups (broad SMARTS) is 2. The Morgan fingerprint density at radius 1 is 0.770 bits per heavy atom. The van der Waals surface area contributed by atoms with Crippen molar-refractivity contribution in [2.75, 3.05) is 54.3 Å². The van der Waals surface area contributed by atoms with Crippen molar-refractivity contribution >= 4 is 97.3 Å². The number of fused-ring (bicyclic) bond motifs is 6. The van der Waals surface area contributed by atoms with Crippen LogP contribution in [0.1, 0.15) is 187 Å². The Hall–Kier alpha value is -9.08. The van der Waals surface area contributed by atoms with Gasteiger partial charge in [-0.15, -0.1) is 5.10 Å². The average molecular weight is 1780 g/mol. The molecule has 0 radical (unpaired) electrons. The van der Waals surface area contributed by atoms with Gasteiger partial charge in [-0.3, -0.25) is 38.5 Å². The van der Waals surface area contributed by atoms with E-state index in [0.717, 1.165) is 48.9 Å². The zero-order chi connectivity index (χ0) is 90.3. The van der Waals surface area contributed by atoms with E-state index in [1.165, 1.54) is 39.9 Å². The molecule has 6 fully saturated rings. The Balaban J connectivity index is 0.581. The lowest BCUT2D eigenvalue weighted by Gasteiger charge is -2.50. The first-order chi connectivity index (χ1) is 60.1. The van der Waals surface area contributed by atoms with Crippen LogP contribution in [0.3, 0.4) is 0 Å². The number of nitrogens with zero attached hydrogens (tertiary/aromatic N) is 7. The summed E-state index contributed by atoms with van der Waals surface area (Å²) >= 11 is 0. The molecule has 0 bridgehead atoms. The fourth-order valence-electron chi connectivity index (χ4n) is 19.9. The third-order valence-corrected chi connectivity index (χ3v) is 29.3. The van der Waals surface area contributed by atoms with Crippen molar-refractivity contribution in [1.82, 2.24) is 56.2 Å². The smallest absolute Gasteiger partial charge is 0.327 e. The van der Waals surface area contributed by atoms with Gasteiger partial charge < -0.3 is 90.8 Å². The summed E-state index contributed by atoms with van der Waals surface area (Å²) in [5.74, 6) is -9.96. The molecule has 36 heteroatoms. The van der Waals surface area contributed by atoms with Crippen molar-refractivity contribution in [3.05, 3.63) is 106 Å². The van der Waals surface area contributed by atoms with E-state index < -0.39 is 113 Å². The first-order valence-electron chi connectivity index (χ1n) is 44.1. The number of ketones is 1. The van der Waals surface area contributed by atoms with E-state index >= 15 is 0 Å². The van der Waals surface area contributed by atoms with Gasteiger partial charge in [-0.05, 0) is 132 Å². The molecule has 5 amide bonds. The van der Waals surface area contributed by atoms with Gasteiger partial charge >= 0.3 is 11.9 Å². The Morgan fingerprint density at radius 3 is 2.26 bits per heavy atom. The summed E-state index contributed by atoms with van der Waals surface area (Å²) in [6, 6.07) is 18.1. The van der Waals surface area contributed by atoms with Gasteiger partial charge in [0.05, 0.1) is 109 Å². The van der Waals surface area contributed by atoms with E-state index in [4.69, 9.17) is 38.9 Å². The first-order valence-corrected chi connectivity index (χ1v) is 46.6. The number of amides is 5. The summed E-state index contributed by atoms with van der Waals surface area (Å²) in [5.41, 5.74) is 9.31. The quantitative estimate of drug-likeness (QED) is 0.0129. The molecule has 6 aromatic rings. The highest BCUT2D eigenvalue weighted by molar-refractivity contribution is 8.76. The van der Waals surface area contributed by atoms with Crippen LogP contribution in [0.5, 0.6) is 0 Å². The van der Waals surface area contributed by atoms with Gasteiger partial charge in [0.25, 0.3) is 11.5 Å². The molecule has 13 rings (SSSR count). The van der Waals surface area contributed by atoms with E-state index in [9.17, 15) is 63.6 Å². The Kier molecular flexibility index (Phi) is 30.5. The van der Waals surface area contributed by atoms with E-state index in [1.54, 1.807) is 28.8 Å². The second-order valence-corrected chi connectivity index (χ2v) is 38.8. The van der Waals surface area contributed by atoms with Crippen LogP contribution >= 0.6 is 21.6 Å². The number of carbonyl (C=O) groups is 8. The Labute approximate surface area is 740 Å². The number of aromatic nitrogens is 7. The fourth-order valence-corrected chi connectivity index (χ4v) is 22.0. The minimum absolute atomic E-state index is 0.00273. The summed E-state index contributed by atoms with van der Waals surface area (Å²) in [6.45, 7) is 18.9. The minimum atomic E-state index is -1.62. The number of aliphatic carboxylic acids is 2. The molecule has 6 saturated heterocycles. The van der Waals surface area contributed by atoms with Gasteiger partial charge in [0.2, 0.25) is 29.6 Å². The molecule has 22 atom stereocenters. The van der Waals surface area contributed by atoms with Gasteiger partial charge in [0.1, 0.15) is 23.6 Å². The molecule has 684 valence electrons. The van der Waals surface area contributed by atoms with Crippen LogP contribution in [0, 0.1) is 47.3 Å². The zero-order valence-electron chi connectivity index (χ0n) is 73.5. The number of Topliss-reactive ketones (excluding diaryl/α,β-unsaturated/α-hetero) is 1. The number of aliphatic hydroxyl groups is 2. The number of nitrogen functional groups attached to an aromatic ring is 1. The Bertz CT molecular complexity index is 4970. The number of aliphatic hydroxyl groups excluding tert-OH is 1. The summed E-state index contributed by atoms with van der Waals surface area (Å²) in [4.78, 5) is 138. The third-order valence-electron chi connectivity index (χ3n) is 26.9. The number of benzene rings is 3. The molecule has 7 aliphatic rings. The number of nitrogens with one attached hydrogen (secondary N) is 6. The van der Waals surface area contributed by atoms with Crippen LogP contribution in [0.15, 0.2) is 83.8 Å². The topological polar surface area (TPSA) is 474 Å². The molecule has 3 aromatic carbocycles. The molecular formula is C90H122N14O20S2. The molecule has 126 heavy (non-hydrogen) atoms. The van der Waals surface area contributed by atoms with E-state index in [1.807, 2.05) is 69.4 Å². The number of nitrogens with two attached hydrogens (primary N) is 1. The van der Waals surface area contributed by atoms with Crippen LogP contribution in [-0.4, -0.2) is 225 Å². The first kappa shape index (κ1) is 94.5. The number of carbonyl (C=O) groups excluding carboxylic acids is 6. The number of hydrogen-bond acceptors (Lipinski definition) is 27. The van der Waals surface area contributed by atoms with Gasteiger partial charge in [-0.1, -0.05) is 118 Å². The molecule has 7 aliphatic heterocycles. The van der Waals surface area contributed by atoms with Gasteiger partial charge in [-0.25, -0.2) is 24.2 Å². The van der Waals surface area contributed by atoms with Gasteiger partial charge in [0.15, 0.2) is 22.7 Å². The summed E-state index contributed by atoms with van der Waals surface area (Å²) < 4.78 is 49.9. The van der Waals surface area contributed by atoms with Crippen molar-refractivity contribution in [2.45, 2.75) is 262 Å². The number of aryl methyl sites for hydroxylation is 1. The van der Waals surface area contributed by atoms with Crippen LogP contribution in [0.25, 0.3) is 33.7 Å². The van der Waals surface area contributed by atoms with E-state index in [-0.39, 0.29) is 177 Å². The number of rotatable bonds is 36. The Morgan fingerprint density at radius 2 is 1.52 bits per heavy atom. The lowest BCUT2D eigenvalue weighted by molar-refractivity contribution is -0.353. The van der Waals surface area contributed by atoms with Crippen molar-refractivity contribution in [1.29, 1.82) is 0 Å². The van der Waals surface area contributed by atoms with Crippen molar-refractivity contribution in [3.8, 4) is 22.5 Å². The van der Waals surface area contributed by atoms with E-state index in [2.05, 4.69) is 105 Å². The number of aromatic amines is 1. The number of hydrogen-bond donors (Lipinski definition) is 11.